The average molecular weight is 517 g/mol. The SMILES string of the molecule is CN1C(C)(C)CC(c2c(C(=O)O)cc(C(=O)O)c(C3CC(C)(C)N(C)C(C)(C)C3)c2C(=O)O)CC1(C)C. The number of carboxylic acids is 3. The number of likely N-dealkylation sites (tertiary alicyclic amines) is 2. The van der Waals surface area contributed by atoms with Crippen molar-refractivity contribution in [3.8, 4) is 0 Å². The fourth-order valence-corrected chi connectivity index (χ4v) is 7.30. The highest BCUT2D eigenvalue weighted by molar-refractivity contribution is 6.03. The molecule has 1 aromatic carbocycles. The van der Waals surface area contributed by atoms with Crippen molar-refractivity contribution in [3.63, 3.8) is 0 Å². The fraction of sp³-hybridized carbons (Fsp3) is 0.690. The zero-order chi connectivity index (χ0) is 28.5. The Bertz CT molecular complexity index is 1020. The molecule has 0 unspecified atom stereocenters. The minimum Gasteiger partial charge on any atom is -0.478 e. The van der Waals surface area contributed by atoms with Gasteiger partial charge in [-0.05, 0) is 124 Å². The molecule has 0 spiro atoms. The first-order valence-electron chi connectivity index (χ1n) is 13.0. The Morgan fingerprint density at radius 2 is 0.892 bits per heavy atom. The predicted molar refractivity (Wildman–Crippen MR) is 143 cm³/mol. The molecule has 206 valence electrons. The fourth-order valence-electron chi connectivity index (χ4n) is 7.30. The van der Waals surface area contributed by atoms with Crippen molar-refractivity contribution >= 4 is 17.9 Å². The number of aromatic carboxylic acids is 3. The molecule has 2 aliphatic rings. The van der Waals surface area contributed by atoms with Crippen LogP contribution in [0.1, 0.15) is 135 Å². The molecule has 1 aromatic rings. The maximum atomic E-state index is 13.0. The number of hydrogen-bond donors (Lipinski definition) is 3. The largest absolute Gasteiger partial charge is 0.478 e. The Balaban J connectivity index is 2.40. The summed E-state index contributed by atoms with van der Waals surface area (Å²) in [6.45, 7) is 16.6. The molecule has 0 atom stereocenters. The minimum atomic E-state index is -1.30. The summed E-state index contributed by atoms with van der Waals surface area (Å²) >= 11 is 0. The number of hydrogen-bond acceptors (Lipinski definition) is 5. The van der Waals surface area contributed by atoms with Crippen molar-refractivity contribution in [2.24, 2.45) is 0 Å². The summed E-state index contributed by atoms with van der Waals surface area (Å²) in [5.41, 5.74) is -1.30. The Kier molecular flexibility index (Phi) is 7.15. The van der Waals surface area contributed by atoms with Crippen molar-refractivity contribution in [1.29, 1.82) is 0 Å². The lowest BCUT2D eigenvalue weighted by Gasteiger charge is -2.55. The van der Waals surface area contributed by atoms with E-state index in [1.54, 1.807) is 0 Å². The van der Waals surface area contributed by atoms with Crippen molar-refractivity contribution in [3.05, 3.63) is 33.9 Å². The van der Waals surface area contributed by atoms with Gasteiger partial charge < -0.3 is 15.3 Å². The van der Waals surface area contributed by atoms with Gasteiger partial charge in [-0.25, -0.2) is 14.4 Å². The number of carboxylic acid groups (broad SMARTS) is 3. The third kappa shape index (κ3) is 5.02. The molecule has 0 amide bonds. The molecular weight excluding hydrogens is 472 g/mol. The number of rotatable bonds is 5. The van der Waals surface area contributed by atoms with E-state index in [2.05, 4.69) is 65.2 Å². The summed E-state index contributed by atoms with van der Waals surface area (Å²) in [5.74, 6) is -4.57. The van der Waals surface area contributed by atoms with Crippen molar-refractivity contribution < 1.29 is 29.7 Å². The summed E-state index contributed by atoms with van der Waals surface area (Å²) in [6.07, 6.45) is 2.24. The molecule has 2 heterocycles. The standard InChI is InChI=1S/C29H44N2O6/c1-26(2)12-16(13-27(3,4)30(26)9)20-18(23(32)33)11-19(24(34)35)21(22(20)25(36)37)17-14-28(5,6)31(10)29(7,8)15-17/h11,16-17H,12-15H2,1-10H3,(H,32,33)(H,34,35)(H,36,37). The van der Waals surface area contributed by atoms with Crippen LogP contribution in [0.3, 0.4) is 0 Å². The van der Waals surface area contributed by atoms with E-state index in [4.69, 9.17) is 0 Å². The second-order valence-electron chi connectivity index (χ2n) is 13.7. The van der Waals surface area contributed by atoms with Crippen molar-refractivity contribution in [2.75, 3.05) is 14.1 Å². The van der Waals surface area contributed by atoms with Gasteiger partial charge in [0.1, 0.15) is 0 Å². The van der Waals surface area contributed by atoms with E-state index >= 15 is 0 Å². The molecule has 0 aliphatic carbocycles. The zero-order valence-electron chi connectivity index (χ0n) is 24.0. The van der Waals surface area contributed by atoms with Crippen LogP contribution in [-0.4, -0.2) is 79.3 Å². The van der Waals surface area contributed by atoms with Crippen molar-refractivity contribution in [1.82, 2.24) is 9.80 Å². The number of carbonyl (C=O) groups is 3. The monoisotopic (exact) mass is 516 g/mol. The van der Waals surface area contributed by atoms with Crippen LogP contribution in [0.4, 0.5) is 0 Å². The molecule has 3 N–H and O–H groups in total. The van der Waals surface area contributed by atoms with Crippen LogP contribution < -0.4 is 0 Å². The normalized spacial score (nSPS) is 24.1. The van der Waals surface area contributed by atoms with Gasteiger partial charge >= 0.3 is 17.9 Å². The van der Waals surface area contributed by atoms with Gasteiger partial charge in [-0.15, -0.1) is 0 Å². The van der Waals surface area contributed by atoms with Crippen LogP contribution in [0.2, 0.25) is 0 Å². The van der Waals surface area contributed by atoms with Gasteiger partial charge in [0.2, 0.25) is 0 Å². The van der Waals surface area contributed by atoms with Crippen LogP contribution in [0.25, 0.3) is 0 Å². The summed E-state index contributed by atoms with van der Waals surface area (Å²) in [5, 5.41) is 31.1. The van der Waals surface area contributed by atoms with E-state index < -0.39 is 17.9 Å². The molecule has 0 bridgehead atoms. The number of nitrogens with zero attached hydrogens (tertiary/aromatic N) is 2. The van der Waals surface area contributed by atoms with Crippen LogP contribution in [0.15, 0.2) is 6.07 Å². The summed E-state index contributed by atoms with van der Waals surface area (Å²) < 4.78 is 0. The lowest BCUT2D eigenvalue weighted by atomic mass is 9.66. The molecule has 0 radical (unpaired) electrons. The molecule has 37 heavy (non-hydrogen) atoms. The third-order valence-corrected chi connectivity index (χ3v) is 9.51. The molecule has 0 aromatic heterocycles. The van der Waals surface area contributed by atoms with Gasteiger partial charge in [0, 0.05) is 22.2 Å². The first-order valence-corrected chi connectivity index (χ1v) is 13.0. The van der Waals surface area contributed by atoms with E-state index in [0.29, 0.717) is 25.7 Å². The van der Waals surface area contributed by atoms with Gasteiger partial charge in [-0.1, -0.05) is 0 Å². The molecule has 2 aliphatic heterocycles. The van der Waals surface area contributed by atoms with E-state index in [9.17, 15) is 29.7 Å². The highest BCUT2D eigenvalue weighted by Gasteiger charge is 2.49. The minimum absolute atomic E-state index is 0.125. The second kappa shape index (κ2) is 9.09. The highest BCUT2D eigenvalue weighted by atomic mass is 16.4. The quantitative estimate of drug-likeness (QED) is 0.469. The van der Waals surface area contributed by atoms with E-state index in [-0.39, 0.29) is 61.8 Å². The topological polar surface area (TPSA) is 118 Å². The van der Waals surface area contributed by atoms with Gasteiger partial charge in [-0.3, -0.25) is 9.80 Å². The Morgan fingerprint density at radius 1 is 0.622 bits per heavy atom. The third-order valence-electron chi connectivity index (χ3n) is 9.51. The summed E-state index contributed by atoms with van der Waals surface area (Å²) in [4.78, 5) is 42.6. The van der Waals surface area contributed by atoms with Crippen LogP contribution in [-0.2, 0) is 0 Å². The highest BCUT2D eigenvalue weighted by Crippen LogP contribution is 2.51. The zero-order valence-corrected chi connectivity index (χ0v) is 24.0. The second-order valence-corrected chi connectivity index (χ2v) is 13.7. The smallest absolute Gasteiger partial charge is 0.336 e. The van der Waals surface area contributed by atoms with Crippen LogP contribution in [0.5, 0.6) is 0 Å². The lowest BCUT2D eigenvalue weighted by molar-refractivity contribution is -0.0144. The number of piperidine rings is 2. The first-order chi connectivity index (χ1) is 16.6. The van der Waals surface area contributed by atoms with E-state index in [0.717, 1.165) is 0 Å². The van der Waals surface area contributed by atoms with Crippen LogP contribution in [0, 0.1) is 0 Å². The molecule has 0 saturated carbocycles. The maximum Gasteiger partial charge on any atom is 0.336 e. The van der Waals surface area contributed by atoms with Gasteiger partial charge in [0.15, 0.2) is 0 Å². The Hall–Kier alpha value is -2.45. The van der Waals surface area contributed by atoms with Crippen molar-refractivity contribution in [2.45, 2.75) is 115 Å². The Labute approximate surface area is 220 Å². The average Bonchev–Trinajstić information content (AvgIpc) is 2.72. The molecule has 8 heteroatoms. The lowest BCUT2D eigenvalue weighted by Crippen LogP contribution is -2.58. The summed E-state index contributed by atoms with van der Waals surface area (Å²) in [7, 11) is 4.07. The van der Waals surface area contributed by atoms with Gasteiger partial charge in [0.25, 0.3) is 0 Å². The predicted octanol–water partition coefficient (Wildman–Crippen LogP) is 5.51. The number of benzene rings is 1. The Morgan fingerprint density at radius 3 is 1.11 bits per heavy atom. The van der Waals surface area contributed by atoms with E-state index in [1.165, 1.54) is 6.07 Å². The molecule has 2 fully saturated rings. The maximum absolute atomic E-state index is 13.0. The first kappa shape index (κ1) is 29.1. The van der Waals surface area contributed by atoms with E-state index in [1.807, 2.05) is 14.1 Å². The molecule has 3 rings (SSSR count). The molecular formula is C29H44N2O6. The van der Waals surface area contributed by atoms with Gasteiger partial charge in [-0.2, -0.15) is 0 Å². The molecule has 2 saturated heterocycles. The summed E-state index contributed by atoms with van der Waals surface area (Å²) in [6, 6.07) is 1.22. The molecule has 8 nitrogen and oxygen atoms in total. The van der Waals surface area contributed by atoms with Gasteiger partial charge in [0.05, 0.1) is 16.7 Å². The van der Waals surface area contributed by atoms with Crippen LogP contribution >= 0.6 is 0 Å².